The van der Waals surface area contributed by atoms with Gasteiger partial charge in [0.25, 0.3) is 5.91 Å². The number of carbonyl (C=O) groups excluding carboxylic acids is 1. The molecule has 1 aliphatic heterocycles. The summed E-state index contributed by atoms with van der Waals surface area (Å²) >= 11 is 2.44. The van der Waals surface area contributed by atoms with E-state index >= 15 is 0 Å². The van der Waals surface area contributed by atoms with Gasteiger partial charge in [-0.2, -0.15) is 5.01 Å². The average Bonchev–Trinajstić information content (AvgIpc) is 2.90. The van der Waals surface area contributed by atoms with Crippen LogP contribution in [-0.2, 0) is 0 Å². The number of likely N-dealkylation sites (N-methyl/N-ethyl adjacent to an activating group) is 1. The molecule has 0 bridgehead atoms. The largest absolute Gasteiger partial charge is 0.337 e. The average molecular weight is 625 g/mol. The number of rotatable bonds is 12. The number of para-hydroxylation sites is 1. The monoisotopic (exact) mass is 624 g/mol. The number of amides is 1. The third-order valence-electron chi connectivity index (χ3n) is 6.74. The number of hydrazone groups is 1. The fraction of sp³-hybridized carbons (Fsp3) is 0.438. The lowest BCUT2D eigenvalue weighted by Crippen LogP contribution is -2.40. The van der Waals surface area contributed by atoms with Gasteiger partial charge in [-0.25, -0.2) is 0 Å². The summed E-state index contributed by atoms with van der Waals surface area (Å²) in [4.78, 5) is 17.5. The van der Waals surface area contributed by atoms with Gasteiger partial charge in [0.2, 0.25) is 0 Å². The van der Waals surface area contributed by atoms with Crippen LogP contribution in [0.15, 0.2) is 71.9 Å². The van der Waals surface area contributed by atoms with Gasteiger partial charge in [-0.1, -0.05) is 80.3 Å². The Morgan fingerprint density at radius 2 is 1.84 bits per heavy atom. The van der Waals surface area contributed by atoms with Crippen LogP contribution in [0.2, 0.25) is 0 Å². The maximum atomic E-state index is 13.6. The van der Waals surface area contributed by atoms with E-state index < -0.39 is 0 Å². The third kappa shape index (κ3) is 8.10. The Kier molecular flexibility index (Phi) is 10.4. The molecule has 1 unspecified atom stereocenters. The van der Waals surface area contributed by atoms with Gasteiger partial charge < -0.3 is 4.90 Å². The summed E-state index contributed by atoms with van der Waals surface area (Å²) in [6, 6.07) is 24.3. The number of nitrogens with zero attached hydrogens (tertiary/aromatic N) is 4. The van der Waals surface area contributed by atoms with Gasteiger partial charge in [0.15, 0.2) is 5.84 Å². The summed E-state index contributed by atoms with van der Waals surface area (Å²) in [6.45, 7) is 16.7. The smallest absolute Gasteiger partial charge is 0.253 e. The molecule has 1 heterocycles. The molecular weight excluding hydrogens is 583 g/mol. The number of halogens is 1. The molecule has 0 radical (unpaired) electrons. The summed E-state index contributed by atoms with van der Waals surface area (Å²) in [5.41, 5.74) is 3.88. The zero-order valence-electron chi connectivity index (χ0n) is 23.7. The molecule has 0 spiro atoms. The van der Waals surface area contributed by atoms with Crippen molar-refractivity contribution in [2.45, 2.75) is 63.2 Å². The summed E-state index contributed by atoms with van der Waals surface area (Å²) in [5, 5.41) is 6.54. The van der Waals surface area contributed by atoms with Crippen molar-refractivity contribution in [3.8, 4) is 12.1 Å². The second-order valence-corrected chi connectivity index (χ2v) is 13.8. The molecule has 0 fully saturated rings. The molecule has 6 heteroatoms. The minimum Gasteiger partial charge on any atom is -0.337 e. The molecule has 1 amide bonds. The highest BCUT2D eigenvalue weighted by atomic mass is 127. The fourth-order valence-electron chi connectivity index (χ4n) is 4.59. The van der Waals surface area contributed by atoms with Gasteiger partial charge in [-0.3, -0.25) is 9.69 Å². The van der Waals surface area contributed by atoms with E-state index in [1.165, 1.54) is 5.56 Å². The first kappa shape index (κ1) is 29.8. The first-order valence-electron chi connectivity index (χ1n) is 13.5. The van der Waals surface area contributed by atoms with Gasteiger partial charge in [0.05, 0.1) is 11.7 Å². The molecular formula is C32H41IN4O. The van der Waals surface area contributed by atoms with Crippen molar-refractivity contribution in [1.29, 1.82) is 0 Å². The number of anilines is 1. The Hall–Kier alpha value is -2.79. The molecule has 1 atom stereocenters. The minimum absolute atomic E-state index is 0.0179. The molecule has 202 valence electrons. The Morgan fingerprint density at radius 3 is 2.47 bits per heavy atom. The van der Waals surface area contributed by atoms with Crippen molar-refractivity contribution in [3.05, 3.63) is 77.9 Å². The molecule has 0 saturated carbocycles. The number of hydrogen-bond acceptors (Lipinski definition) is 4. The van der Waals surface area contributed by atoms with Crippen molar-refractivity contribution < 1.29 is 4.79 Å². The van der Waals surface area contributed by atoms with Crippen LogP contribution in [0.5, 0.6) is 0 Å². The zero-order valence-corrected chi connectivity index (χ0v) is 25.8. The van der Waals surface area contributed by atoms with Gasteiger partial charge in [0.1, 0.15) is 0 Å². The number of hydrogen-bond donors (Lipinski definition) is 0. The van der Waals surface area contributed by atoms with Crippen LogP contribution in [-0.4, -0.2) is 45.1 Å². The predicted molar refractivity (Wildman–Crippen MR) is 169 cm³/mol. The second kappa shape index (κ2) is 13.3. The number of benzene rings is 2. The van der Waals surface area contributed by atoms with Crippen LogP contribution < -0.4 is 5.01 Å². The molecule has 3 rings (SSSR count). The first-order valence-corrected chi connectivity index (χ1v) is 14.5. The summed E-state index contributed by atoms with van der Waals surface area (Å²) in [5.74, 6) is 1.54. The molecule has 2 aromatic carbocycles. The predicted octanol–water partition coefficient (Wildman–Crippen LogP) is 7.51. The van der Waals surface area contributed by atoms with Crippen LogP contribution in [0.3, 0.4) is 0 Å². The molecule has 0 N–H and O–H groups in total. The SMILES string of the molecule is C=C(C1=NN(c2ccccc2)C#CN1C)C(CC)CCCN(CC(C)(C)I)C(=O)c1cccc(C(C)C)c1. The summed E-state index contributed by atoms with van der Waals surface area (Å²) in [6.07, 6.45) is 2.77. The number of amidine groups is 1. The molecule has 2 aromatic rings. The molecule has 0 aromatic heterocycles. The highest BCUT2D eigenvalue weighted by molar-refractivity contribution is 14.1. The van der Waals surface area contributed by atoms with Crippen LogP contribution in [0.1, 0.15) is 75.7 Å². The molecule has 5 nitrogen and oxygen atoms in total. The lowest BCUT2D eigenvalue weighted by molar-refractivity contribution is 0.0742. The van der Waals surface area contributed by atoms with Crippen LogP contribution >= 0.6 is 22.6 Å². The topological polar surface area (TPSA) is 39.1 Å². The standard InChI is InChI=1S/C32H41IN4O/c1-8-26(25(4)30-34-37(21-20-35(30)7)29-17-10-9-11-18-29)16-13-19-36(23-32(5,6)33)31(38)28-15-12-14-27(22-28)24(2)3/h9-12,14-15,17-18,22,24,26H,4,8,13,16,19,23H2,1-3,5-7H3. The van der Waals surface area contributed by atoms with Gasteiger partial charge >= 0.3 is 0 Å². The summed E-state index contributed by atoms with van der Waals surface area (Å²) in [7, 11) is 1.93. The van der Waals surface area contributed by atoms with Crippen LogP contribution in [0.25, 0.3) is 0 Å². The van der Waals surface area contributed by atoms with E-state index in [2.05, 4.69) is 81.9 Å². The van der Waals surface area contributed by atoms with Crippen LogP contribution in [0.4, 0.5) is 5.69 Å². The van der Waals surface area contributed by atoms with Crippen molar-refractivity contribution in [3.63, 3.8) is 0 Å². The lowest BCUT2D eigenvalue weighted by atomic mass is 9.91. The van der Waals surface area contributed by atoms with E-state index in [1.54, 1.807) is 5.01 Å². The van der Waals surface area contributed by atoms with Crippen molar-refractivity contribution in [2.75, 3.05) is 25.1 Å². The van der Waals surface area contributed by atoms with E-state index in [1.807, 2.05) is 65.4 Å². The quantitative estimate of drug-likeness (QED) is 0.139. The molecule has 38 heavy (non-hydrogen) atoms. The fourth-order valence-corrected chi connectivity index (χ4v) is 5.00. The van der Waals surface area contributed by atoms with Crippen molar-refractivity contribution in [1.82, 2.24) is 9.80 Å². The highest BCUT2D eigenvalue weighted by Crippen LogP contribution is 2.26. The normalized spacial score (nSPS) is 14.1. The summed E-state index contributed by atoms with van der Waals surface area (Å²) < 4.78 is -0.0179. The van der Waals surface area contributed by atoms with Gasteiger partial charge in [-0.15, -0.1) is 5.10 Å². The Balaban J connectivity index is 1.71. The van der Waals surface area contributed by atoms with E-state index in [9.17, 15) is 4.79 Å². The molecule has 0 aliphatic carbocycles. The number of alkyl halides is 1. The Labute approximate surface area is 243 Å². The van der Waals surface area contributed by atoms with E-state index in [-0.39, 0.29) is 15.2 Å². The van der Waals surface area contributed by atoms with Gasteiger partial charge in [0, 0.05) is 35.2 Å². The van der Waals surface area contributed by atoms with Crippen LogP contribution in [0, 0.1) is 18.0 Å². The minimum atomic E-state index is -0.0179. The molecule has 0 saturated heterocycles. The van der Waals surface area contributed by atoms with E-state index in [0.717, 1.165) is 41.9 Å². The zero-order chi connectivity index (χ0) is 27.9. The van der Waals surface area contributed by atoms with E-state index in [4.69, 9.17) is 5.10 Å². The highest BCUT2D eigenvalue weighted by Gasteiger charge is 2.26. The van der Waals surface area contributed by atoms with E-state index in [0.29, 0.717) is 19.0 Å². The second-order valence-electron chi connectivity index (χ2n) is 10.9. The molecule has 1 aliphatic rings. The Morgan fingerprint density at radius 1 is 1.13 bits per heavy atom. The first-order chi connectivity index (χ1) is 18.0. The van der Waals surface area contributed by atoms with Crippen molar-refractivity contribution >= 4 is 40.0 Å². The van der Waals surface area contributed by atoms with Crippen molar-refractivity contribution in [2.24, 2.45) is 11.0 Å². The number of carbonyl (C=O) groups is 1. The lowest BCUT2D eigenvalue weighted by Gasteiger charge is -2.30. The maximum Gasteiger partial charge on any atom is 0.253 e. The maximum absolute atomic E-state index is 13.6. The van der Waals surface area contributed by atoms with Gasteiger partial charge in [-0.05, 0) is 80.3 Å². The third-order valence-corrected chi connectivity index (χ3v) is 7.09. The Bertz CT molecular complexity index is 1200.